The number of methoxy groups -OCH3 is 1. The fourth-order valence-corrected chi connectivity index (χ4v) is 3.04. The first-order valence-electron chi connectivity index (χ1n) is 5.57. The third-order valence-electron chi connectivity index (χ3n) is 2.29. The van der Waals surface area contributed by atoms with Crippen molar-refractivity contribution in [2.24, 2.45) is 0 Å². The lowest BCUT2D eigenvalue weighted by Crippen LogP contribution is -2.32. The first-order valence-corrected chi connectivity index (χ1v) is 8.10. The summed E-state index contributed by atoms with van der Waals surface area (Å²) in [7, 11) is 1.12. The van der Waals surface area contributed by atoms with Crippen LogP contribution in [0.3, 0.4) is 0 Å². The van der Waals surface area contributed by atoms with Gasteiger partial charge in [0.25, 0.3) is 0 Å². The van der Waals surface area contributed by atoms with Crippen molar-refractivity contribution in [3.8, 4) is 5.75 Å². The van der Waals surface area contributed by atoms with E-state index in [0.717, 1.165) is 25.3 Å². The van der Waals surface area contributed by atoms with Crippen LogP contribution in [0, 0.1) is 0 Å². The number of halogens is 4. The van der Waals surface area contributed by atoms with Crippen molar-refractivity contribution in [1.82, 2.24) is 5.09 Å². The van der Waals surface area contributed by atoms with E-state index in [4.69, 9.17) is 15.8 Å². The average molecular weight is 346 g/mol. The Morgan fingerprint density at radius 1 is 1.43 bits per heavy atom. The van der Waals surface area contributed by atoms with Crippen molar-refractivity contribution in [2.75, 3.05) is 7.11 Å². The second-order valence-corrected chi connectivity index (χ2v) is 6.71. The number of nitrogens with one attached hydrogen (secondary N) is 1. The summed E-state index contributed by atoms with van der Waals surface area (Å²) in [5, 5.41) is 2.16. The molecule has 2 atom stereocenters. The van der Waals surface area contributed by atoms with E-state index in [9.17, 15) is 22.5 Å². The summed E-state index contributed by atoms with van der Waals surface area (Å²) in [4.78, 5) is 11.2. The number of esters is 1. The Bertz CT molecular complexity index is 567. The molecule has 0 spiro atoms. The molecule has 10 heteroatoms. The summed E-state index contributed by atoms with van der Waals surface area (Å²) in [5.41, 5.74) is -0.974. The molecule has 0 aliphatic carbocycles. The summed E-state index contributed by atoms with van der Waals surface area (Å²) in [6.45, 7) is -2.74. The maximum atomic E-state index is 12.5. The molecule has 5 nitrogen and oxygen atoms in total. The normalized spacial score (nSPS) is 15.9. The van der Waals surface area contributed by atoms with Crippen LogP contribution in [0.25, 0.3) is 0 Å². The molecule has 0 saturated heterocycles. The fraction of sp³-hybridized carbons (Fsp3) is 0.364. The maximum absolute atomic E-state index is 12.5. The molecule has 118 valence electrons. The van der Waals surface area contributed by atoms with Crippen LogP contribution < -0.4 is 9.61 Å². The number of hydrogen-bond acceptors (Lipinski definition) is 4. The van der Waals surface area contributed by atoms with Gasteiger partial charge in [-0.1, -0.05) is 6.07 Å². The molecular weight excluding hydrogens is 334 g/mol. The van der Waals surface area contributed by atoms with Crippen LogP contribution >= 0.6 is 18.1 Å². The van der Waals surface area contributed by atoms with Gasteiger partial charge in [0.2, 0.25) is 0 Å². The summed E-state index contributed by atoms with van der Waals surface area (Å²) in [6.07, 6.45) is -4.57. The van der Waals surface area contributed by atoms with Crippen LogP contribution in [0.1, 0.15) is 12.5 Å². The molecule has 0 aliphatic heterocycles. The molecule has 1 N–H and O–H groups in total. The molecule has 0 aromatic heterocycles. The Hall–Kier alpha value is -1.24. The molecule has 1 aromatic rings. The number of carbonyl (C=O) groups excluding carboxylic acids is 1. The van der Waals surface area contributed by atoms with E-state index >= 15 is 0 Å². The third kappa shape index (κ3) is 5.57. The van der Waals surface area contributed by atoms with Gasteiger partial charge in [-0.2, -0.15) is 13.2 Å². The van der Waals surface area contributed by atoms with Gasteiger partial charge in [-0.05, 0) is 25.1 Å². The van der Waals surface area contributed by atoms with Gasteiger partial charge in [-0.25, -0.2) is 9.65 Å². The summed E-state index contributed by atoms with van der Waals surface area (Å²) in [5.74, 6) is -1.09. The fourth-order valence-electron chi connectivity index (χ4n) is 1.35. The van der Waals surface area contributed by atoms with Gasteiger partial charge in [0.15, 0.2) is 0 Å². The van der Waals surface area contributed by atoms with E-state index < -0.39 is 30.6 Å². The van der Waals surface area contributed by atoms with E-state index in [1.54, 1.807) is 0 Å². The van der Waals surface area contributed by atoms with Gasteiger partial charge in [0, 0.05) is 11.2 Å². The zero-order valence-electron chi connectivity index (χ0n) is 11.0. The number of carbonyl (C=O) groups is 1. The largest absolute Gasteiger partial charge is 0.468 e. The summed E-state index contributed by atoms with van der Waals surface area (Å²) >= 11 is 5.57. The molecule has 0 bridgehead atoms. The zero-order valence-corrected chi connectivity index (χ0v) is 12.6. The number of rotatable bonds is 5. The molecule has 0 radical (unpaired) electrons. The lowest BCUT2D eigenvalue weighted by molar-refractivity contribution is -0.142. The summed E-state index contributed by atoms with van der Waals surface area (Å²) < 4.78 is 58.7. The quantitative estimate of drug-likeness (QED) is 0.652. The minimum Gasteiger partial charge on any atom is -0.468 e. The molecule has 0 fully saturated rings. The van der Waals surface area contributed by atoms with Gasteiger partial charge < -0.3 is 9.26 Å². The first kappa shape index (κ1) is 17.8. The van der Waals surface area contributed by atoms with Crippen LogP contribution in [0.2, 0.25) is 0 Å². The smallest absolute Gasteiger partial charge is 0.416 e. The highest BCUT2D eigenvalue weighted by molar-refractivity contribution is 7.84. The van der Waals surface area contributed by atoms with E-state index in [2.05, 4.69) is 9.82 Å². The lowest BCUT2D eigenvalue weighted by Gasteiger charge is -2.18. The van der Waals surface area contributed by atoms with Gasteiger partial charge >= 0.3 is 19.0 Å². The van der Waals surface area contributed by atoms with E-state index in [0.29, 0.717) is 6.07 Å². The van der Waals surface area contributed by atoms with E-state index in [1.165, 1.54) is 6.92 Å². The first-order chi connectivity index (χ1) is 9.55. The number of alkyl halides is 3. The SMILES string of the molecule is COC(=O)[C@H](C)NP(=O)(Cl)Oc1cccc(C(F)(F)F)c1. The summed E-state index contributed by atoms with van der Waals surface area (Å²) in [6, 6.07) is 2.67. The molecule has 0 heterocycles. The Balaban J connectivity index is 2.85. The molecule has 1 rings (SSSR count). The third-order valence-corrected chi connectivity index (χ3v) is 3.93. The Kier molecular flexibility index (Phi) is 5.67. The molecular formula is C11H12ClF3NO4P. The molecule has 0 saturated carbocycles. The predicted molar refractivity (Wildman–Crippen MR) is 70.1 cm³/mol. The molecule has 1 unspecified atom stereocenters. The number of hydrogen-bond donors (Lipinski definition) is 1. The highest BCUT2D eigenvalue weighted by Crippen LogP contribution is 2.49. The van der Waals surface area contributed by atoms with E-state index in [1.807, 2.05) is 0 Å². The van der Waals surface area contributed by atoms with Gasteiger partial charge in [-0.3, -0.25) is 4.79 Å². The van der Waals surface area contributed by atoms with Crippen LogP contribution in [0.15, 0.2) is 24.3 Å². The van der Waals surface area contributed by atoms with Crippen molar-refractivity contribution >= 4 is 24.1 Å². The maximum Gasteiger partial charge on any atom is 0.416 e. The van der Waals surface area contributed by atoms with Crippen LogP contribution in [0.4, 0.5) is 13.2 Å². The number of benzene rings is 1. The van der Waals surface area contributed by atoms with Gasteiger partial charge in [0.05, 0.1) is 12.7 Å². The monoisotopic (exact) mass is 345 g/mol. The number of ether oxygens (including phenoxy) is 1. The van der Waals surface area contributed by atoms with Gasteiger partial charge in [0.1, 0.15) is 11.8 Å². The van der Waals surface area contributed by atoms with Crippen LogP contribution in [-0.4, -0.2) is 19.1 Å². The molecule has 1 aromatic carbocycles. The Morgan fingerprint density at radius 2 is 2.05 bits per heavy atom. The Morgan fingerprint density at radius 3 is 2.57 bits per heavy atom. The lowest BCUT2D eigenvalue weighted by atomic mass is 10.2. The van der Waals surface area contributed by atoms with Crippen molar-refractivity contribution in [2.45, 2.75) is 19.1 Å². The minimum absolute atomic E-state index is 0.340. The molecule has 0 amide bonds. The second kappa shape index (κ2) is 6.68. The average Bonchev–Trinajstić information content (AvgIpc) is 2.35. The Labute approximate surface area is 123 Å². The van der Waals surface area contributed by atoms with Crippen molar-refractivity contribution < 1.29 is 31.8 Å². The molecule has 0 aliphatic rings. The van der Waals surface area contributed by atoms with Crippen molar-refractivity contribution in [3.63, 3.8) is 0 Å². The molecule has 21 heavy (non-hydrogen) atoms. The van der Waals surface area contributed by atoms with Crippen LogP contribution in [-0.2, 0) is 20.3 Å². The highest BCUT2D eigenvalue weighted by Gasteiger charge is 2.32. The minimum atomic E-state index is -4.57. The van der Waals surface area contributed by atoms with Crippen LogP contribution in [0.5, 0.6) is 5.75 Å². The van der Waals surface area contributed by atoms with Crippen molar-refractivity contribution in [3.05, 3.63) is 29.8 Å². The highest BCUT2D eigenvalue weighted by atomic mass is 35.7. The zero-order chi connectivity index (χ0) is 16.3. The van der Waals surface area contributed by atoms with Gasteiger partial charge in [-0.15, -0.1) is 0 Å². The predicted octanol–water partition coefficient (Wildman–Crippen LogP) is 3.58. The standard InChI is InChI=1S/C11H12ClF3NO4P/c1-7(10(17)19-2)16-21(12,18)20-9-5-3-4-8(6-9)11(13,14)15/h3-7H,1-2H3,(H,16,18)/t7-,21?/m0/s1. The van der Waals surface area contributed by atoms with Crippen molar-refractivity contribution in [1.29, 1.82) is 0 Å². The topological polar surface area (TPSA) is 64.6 Å². The second-order valence-electron chi connectivity index (χ2n) is 3.97. The van der Waals surface area contributed by atoms with E-state index in [-0.39, 0.29) is 5.75 Å².